The highest BCUT2D eigenvalue weighted by Crippen LogP contribution is 2.21. The first-order valence-electron chi connectivity index (χ1n) is 7.12. The van der Waals surface area contributed by atoms with Crippen LogP contribution < -0.4 is 10.2 Å². The summed E-state index contributed by atoms with van der Waals surface area (Å²) in [5, 5.41) is 3.41. The Kier molecular flexibility index (Phi) is 3.53. The number of benzene rings is 1. The van der Waals surface area contributed by atoms with Crippen molar-refractivity contribution in [2.45, 2.75) is 19.4 Å². The van der Waals surface area contributed by atoms with Crippen LogP contribution in [0.25, 0.3) is 0 Å². The van der Waals surface area contributed by atoms with E-state index in [4.69, 9.17) is 0 Å². The van der Waals surface area contributed by atoms with Gasteiger partial charge in [0.2, 0.25) is 5.91 Å². The van der Waals surface area contributed by atoms with Gasteiger partial charge in [-0.25, -0.2) is 0 Å². The fourth-order valence-electron chi connectivity index (χ4n) is 2.92. The molecular formula is C15H21N3O. The fraction of sp³-hybridized carbons (Fsp3) is 0.533. The Morgan fingerprint density at radius 1 is 1.32 bits per heavy atom. The highest BCUT2D eigenvalue weighted by atomic mass is 16.2. The minimum absolute atomic E-state index is 0.224. The molecule has 102 valence electrons. The van der Waals surface area contributed by atoms with Gasteiger partial charge in [0.15, 0.2) is 0 Å². The van der Waals surface area contributed by atoms with Crippen LogP contribution in [0, 0.1) is 0 Å². The fourth-order valence-corrected chi connectivity index (χ4v) is 2.92. The molecule has 2 heterocycles. The number of nitrogens with zero attached hydrogens (tertiary/aromatic N) is 2. The van der Waals surface area contributed by atoms with Crippen LogP contribution in [0.4, 0.5) is 5.69 Å². The zero-order valence-electron chi connectivity index (χ0n) is 11.4. The maximum Gasteiger partial charge on any atom is 0.241 e. The predicted octanol–water partition coefficient (Wildman–Crippen LogP) is 0.869. The Bertz CT molecular complexity index is 457. The molecule has 1 amide bonds. The number of anilines is 1. The molecule has 2 saturated heterocycles. The number of rotatable bonds is 2. The van der Waals surface area contributed by atoms with Gasteiger partial charge in [-0.3, -0.25) is 9.69 Å². The smallest absolute Gasteiger partial charge is 0.241 e. The summed E-state index contributed by atoms with van der Waals surface area (Å²) in [6, 6.07) is 8.84. The summed E-state index contributed by atoms with van der Waals surface area (Å²) >= 11 is 0. The number of amides is 1. The summed E-state index contributed by atoms with van der Waals surface area (Å²) in [6.45, 7) is 6.47. The maximum atomic E-state index is 12.3. The van der Waals surface area contributed by atoms with E-state index in [1.165, 1.54) is 5.56 Å². The Labute approximate surface area is 114 Å². The van der Waals surface area contributed by atoms with Gasteiger partial charge in [0, 0.05) is 37.9 Å². The Morgan fingerprint density at radius 2 is 2.11 bits per heavy atom. The van der Waals surface area contributed by atoms with Gasteiger partial charge in [0.25, 0.3) is 0 Å². The topological polar surface area (TPSA) is 35.6 Å². The van der Waals surface area contributed by atoms with Crippen LogP contribution in [0.15, 0.2) is 24.3 Å². The number of piperazine rings is 2. The van der Waals surface area contributed by atoms with Crippen molar-refractivity contribution in [3.63, 3.8) is 0 Å². The van der Waals surface area contributed by atoms with Crippen molar-refractivity contribution in [2.75, 3.05) is 37.6 Å². The molecule has 0 radical (unpaired) electrons. The van der Waals surface area contributed by atoms with E-state index < -0.39 is 0 Å². The molecule has 1 aromatic carbocycles. The zero-order chi connectivity index (χ0) is 13.2. The van der Waals surface area contributed by atoms with Crippen molar-refractivity contribution in [1.29, 1.82) is 0 Å². The largest absolute Gasteiger partial charge is 0.314 e. The molecule has 0 aromatic heterocycles. The zero-order valence-corrected chi connectivity index (χ0v) is 11.4. The lowest BCUT2D eigenvalue weighted by atomic mass is 10.1. The molecule has 4 nitrogen and oxygen atoms in total. The third-order valence-corrected chi connectivity index (χ3v) is 4.16. The first kappa shape index (κ1) is 12.6. The van der Waals surface area contributed by atoms with Gasteiger partial charge >= 0.3 is 0 Å². The van der Waals surface area contributed by atoms with E-state index in [0.29, 0.717) is 12.6 Å². The molecule has 2 aliphatic rings. The van der Waals surface area contributed by atoms with Crippen LogP contribution in [0.2, 0.25) is 0 Å². The van der Waals surface area contributed by atoms with E-state index in [2.05, 4.69) is 41.4 Å². The van der Waals surface area contributed by atoms with Gasteiger partial charge in [0.1, 0.15) is 0 Å². The van der Waals surface area contributed by atoms with Crippen LogP contribution in [0.5, 0.6) is 0 Å². The van der Waals surface area contributed by atoms with E-state index in [-0.39, 0.29) is 5.91 Å². The van der Waals surface area contributed by atoms with E-state index in [1.54, 1.807) is 0 Å². The molecule has 4 heteroatoms. The van der Waals surface area contributed by atoms with Gasteiger partial charge in [-0.2, -0.15) is 0 Å². The lowest BCUT2D eigenvalue weighted by Crippen LogP contribution is -2.63. The average molecular weight is 259 g/mol. The molecule has 1 aromatic rings. The van der Waals surface area contributed by atoms with E-state index >= 15 is 0 Å². The second kappa shape index (κ2) is 5.31. The number of carbonyl (C=O) groups is 1. The third-order valence-electron chi connectivity index (χ3n) is 4.16. The Hall–Kier alpha value is -1.39. The molecule has 0 spiro atoms. The van der Waals surface area contributed by atoms with Crippen molar-refractivity contribution in [1.82, 2.24) is 10.2 Å². The van der Waals surface area contributed by atoms with Gasteiger partial charge in [-0.1, -0.05) is 19.1 Å². The van der Waals surface area contributed by atoms with Crippen LogP contribution in [-0.2, 0) is 11.2 Å². The van der Waals surface area contributed by atoms with Crippen molar-refractivity contribution in [3.05, 3.63) is 29.8 Å². The highest BCUT2D eigenvalue weighted by molar-refractivity contribution is 5.95. The number of nitrogens with one attached hydrogen (secondary N) is 1. The molecule has 0 aliphatic carbocycles. The molecule has 1 unspecified atom stereocenters. The molecule has 0 bridgehead atoms. The van der Waals surface area contributed by atoms with E-state index in [9.17, 15) is 4.79 Å². The molecule has 3 rings (SSSR count). The van der Waals surface area contributed by atoms with Crippen LogP contribution in [0.1, 0.15) is 12.5 Å². The van der Waals surface area contributed by atoms with Gasteiger partial charge < -0.3 is 10.2 Å². The third kappa shape index (κ3) is 2.51. The average Bonchev–Trinajstić information content (AvgIpc) is 2.47. The first-order chi connectivity index (χ1) is 9.28. The maximum absolute atomic E-state index is 12.3. The number of hydrogen-bond acceptors (Lipinski definition) is 3. The molecule has 2 aliphatic heterocycles. The summed E-state index contributed by atoms with van der Waals surface area (Å²) in [4.78, 5) is 16.5. The minimum atomic E-state index is 0.224. The predicted molar refractivity (Wildman–Crippen MR) is 76.4 cm³/mol. The lowest BCUT2D eigenvalue weighted by Gasteiger charge is -2.43. The number of hydrogen-bond donors (Lipinski definition) is 1. The molecular weight excluding hydrogens is 238 g/mol. The molecule has 2 fully saturated rings. The van der Waals surface area contributed by atoms with Gasteiger partial charge in [0.05, 0.1) is 6.54 Å². The second-order valence-electron chi connectivity index (χ2n) is 5.35. The summed E-state index contributed by atoms with van der Waals surface area (Å²) in [5.74, 6) is 0.224. The molecule has 1 atom stereocenters. The number of carbonyl (C=O) groups excluding carboxylic acids is 1. The van der Waals surface area contributed by atoms with Gasteiger partial charge in [-0.05, 0) is 24.1 Å². The number of aryl methyl sites for hydroxylation is 1. The first-order valence-corrected chi connectivity index (χ1v) is 7.12. The van der Waals surface area contributed by atoms with E-state index in [0.717, 1.165) is 38.3 Å². The molecule has 19 heavy (non-hydrogen) atoms. The van der Waals surface area contributed by atoms with E-state index in [1.807, 2.05) is 4.90 Å². The van der Waals surface area contributed by atoms with Crippen molar-refractivity contribution < 1.29 is 4.79 Å². The number of fused-ring (bicyclic) bond motifs is 1. The highest BCUT2D eigenvalue weighted by Gasteiger charge is 2.33. The van der Waals surface area contributed by atoms with Crippen LogP contribution in [-0.4, -0.2) is 49.6 Å². The second-order valence-corrected chi connectivity index (χ2v) is 5.35. The summed E-state index contributed by atoms with van der Waals surface area (Å²) in [7, 11) is 0. The monoisotopic (exact) mass is 259 g/mol. The van der Waals surface area contributed by atoms with Crippen LogP contribution in [0.3, 0.4) is 0 Å². The Morgan fingerprint density at radius 3 is 2.84 bits per heavy atom. The molecule has 1 N–H and O–H groups in total. The van der Waals surface area contributed by atoms with Crippen molar-refractivity contribution in [3.8, 4) is 0 Å². The Balaban J connectivity index is 1.77. The lowest BCUT2D eigenvalue weighted by molar-refractivity contribution is -0.122. The van der Waals surface area contributed by atoms with Gasteiger partial charge in [-0.15, -0.1) is 0 Å². The van der Waals surface area contributed by atoms with Crippen molar-refractivity contribution in [2.24, 2.45) is 0 Å². The molecule has 0 saturated carbocycles. The normalized spacial score (nSPS) is 24.4. The van der Waals surface area contributed by atoms with Crippen LogP contribution >= 0.6 is 0 Å². The summed E-state index contributed by atoms with van der Waals surface area (Å²) < 4.78 is 0. The van der Waals surface area contributed by atoms with Crippen molar-refractivity contribution >= 4 is 11.6 Å². The standard InChI is InChI=1S/C15H21N3O/c1-2-12-3-5-13(6-4-12)18-10-14-9-16-7-8-17(14)11-15(18)19/h3-6,14,16H,2,7-11H2,1H3. The minimum Gasteiger partial charge on any atom is -0.314 e. The summed E-state index contributed by atoms with van der Waals surface area (Å²) in [5.41, 5.74) is 2.35. The SMILES string of the molecule is CCc1ccc(N2CC3CNCCN3CC2=O)cc1. The summed E-state index contributed by atoms with van der Waals surface area (Å²) in [6.07, 6.45) is 1.04. The quantitative estimate of drug-likeness (QED) is 0.856.